The van der Waals surface area contributed by atoms with E-state index < -0.39 is 0 Å². The van der Waals surface area contributed by atoms with Crippen molar-refractivity contribution in [3.63, 3.8) is 0 Å². The second-order valence-electron chi connectivity index (χ2n) is 3.37. The molecule has 0 saturated carbocycles. The van der Waals surface area contributed by atoms with Crippen LogP contribution in [-0.2, 0) is 11.2 Å². The molecular weight excluding hydrogens is 261 g/mol. The number of likely N-dealkylation sites (N-methyl/N-ethyl adjacent to an activating group) is 1. The maximum Gasteiger partial charge on any atom is 0.153 e. The highest BCUT2D eigenvalue weighted by atomic mass is 79.9. The van der Waals surface area contributed by atoms with E-state index in [9.17, 15) is 9.18 Å². The molecule has 1 N–H and O–H groups in total. The van der Waals surface area contributed by atoms with E-state index in [0.717, 1.165) is 0 Å². The van der Waals surface area contributed by atoms with Crippen LogP contribution < -0.4 is 5.32 Å². The van der Waals surface area contributed by atoms with Crippen molar-refractivity contribution in [3.8, 4) is 0 Å². The van der Waals surface area contributed by atoms with Crippen LogP contribution in [0, 0.1) is 5.82 Å². The molecule has 0 aliphatic carbocycles. The van der Waals surface area contributed by atoms with Crippen LogP contribution in [0.25, 0.3) is 0 Å². The molecule has 1 unspecified atom stereocenters. The summed E-state index contributed by atoms with van der Waals surface area (Å²) in [6.45, 7) is 1.79. The number of carbonyl (C=O) groups is 1. The first-order valence-electron chi connectivity index (χ1n) is 4.69. The second-order valence-corrected chi connectivity index (χ2v) is 4.16. The molecule has 0 heterocycles. The number of carbonyl (C=O) groups excluding carboxylic acids is 1. The number of hydrogen-bond acceptors (Lipinski definition) is 2. The fourth-order valence-corrected chi connectivity index (χ4v) is 1.59. The number of ketones is 1. The maximum atomic E-state index is 13.1. The van der Waals surface area contributed by atoms with E-state index in [1.807, 2.05) is 0 Å². The van der Waals surface area contributed by atoms with E-state index in [2.05, 4.69) is 21.2 Å². The fourth-order valence-electron chi connectivity index (χ4n) is 1.19. The van der Waals surface area contributed by atoms with Crippen LogP contribution in [0.15, 0.2) is 22.7 Å². The number of benzene rings is 1. The Bertz CT molecular complexity index is 368. The molecule has 0 fully saturated rings. The Morgan fingerprint density at radius 3 is 2.87 bits per heavy atom. The zero-order chi connectivity index (χ0) is 11.4. The summed E-state index contributed by atoms with van der Waals surface area (Å²) in [7, 11) is 1.73. The van der Waals surface area contributed by atoms with Crippen molar-refractivity contribution in [2.75, 3.05) is 7.05 Å². The van der Waals surface area contributed by atoms with Crippen LogP contribution in [-0.4, -0.2) is 18.9 Å². The van der Waals surface area contributed by atoms with E-state index in [-0.39, 0.29) is 24.1 Å². The molecule has 2 nitrogen and oxygen atoms in total. The molecule has 0 bridgehead atoms. The van der Waals surface area contributed by atoms with Gasteiger partial charge in [0.1, 0.15) is 5.82 Å². The standard InChI is InChI=1S/C11H13BrFNO/c1-7(14-2)10(15)6-8-4-3-5-9(13)11(8)12/h3-5,7,14H,6H2,1-2H3. The van der Waals surface area contributed by atoms with Crippen LogP contribution in [0.3, 0.4) is 0 Å². The molecule has 0 aromatic heterocycles. The van der Waals surface area contributed by atoms with Crippen molar-refractivity contribution >= 4 is 21.7 Å². The Morgan fingerprint density at radius 2 is 2.27 bits per heavy atom. The number of nitrogens with one attached hydrogen (secondary N) is 1. The van der Waals surface area contributed by atoms with Crippen LogP contribution in [0.5, 0.6) is 0 Å². The first kappa shape index (κ1) is 12.3. The minimum Gasteiger partial charge on any atom is -0.311 e. The Labute approximate surface area is 97.0 Å². The normalized spacial score (nSPS) is 12.5. The average Bonchev–Trinajstić information content (AvgIpc) is 2.23. The Balaban J connectivity index is 2.81. The summed E-state index contributed by atoms with van der Waals surface area (Å²) in [6.07, 6.45) is 0.236. The molecular formula is C11H13BrFNO. The number of hydrogen-bond donors (Lipinski definition) is 1. The number of Topliss-reactive ketones (excluding diaryl/α,β-unsaturated/α-hetero) is 1. The topological polar surface area (TPSA) is 29.1 Å². The van der Waals surface area contributed by atoms with Gasteiger partial charge >= 0.3 is 0 Å². The number of rotatable bonds is 4. The van der Waals surface area contributed by atoms with Gasteiger partial charge in [-0.1, -0.05) is 12.1 Å². The van der Waals surface area contributed by atoms with Crippen LogP contribution in [0.4, 0.5) is 4.39 Å². The van der Waals surface area contributed by atoms with Gasteiger partial charge in [0.05, 0.1) is 10.5 Å². The smallest absolute Gasteiger partial charge is 0.153 e. The molecule has 4 heteroatoms. The van der Waals surface area contributed by atoms with Gasteiger partial charge in [-0.2, -0.15) is 0 Å². The van der Waals surface area contributed by atoms with Gasteiger partial charge in [0, 0.05) is 6.42 Å². The Morgan fingerprint density at radius 1 is 1.60 bits per heavy atom. The highest BCUT2D eigenvalue weighted by molar-refractivity contribution is 9.10. The summed E-state index contributed by atoms with van der Waals surface area (Å²) in [5.41, 5.74) is 0.683. The van der Waals surface area contributed by atoms with Gasteiger partial charge in [-0.25, -0.2) is 4.39 Å². The zero-order valence-electron chi connectivity index (χ0n) is 8.68. The molecule has 1 atom stereocenters. The summed E-state index contributed by atoms with van der Waals surface area (Å²) in [5, 5.41) is 2.86. The van der Waals surface area contributed by atoms with Crippen molar-refractivity contribution in [1.29, 1.82) is 0 Å². The summed E-state index contributed by atoms with van der Waals surface area (Å²) in [6, 6.07) is 4.50. The molecule has 0 radical (unpaired) electrons. The van der Waals surface area contributed by atoms with Crippen LogP contribution in [0.1, 0.15) is 12.5 Å². The summed E-state index contributed by atoms with van der Waals surface area (Å²) >= 11 is 3.13. The van der Waals surface area contributed by atoms with Crippen LogP contribution in [0.2, 0.25) is 0 Å². The Hall–Kier alpha value is -0.740. The van der Waals surface area contributed by atoms with Crippen molar-refractivity contribution in [2.24, 2.45) is 0 Å². The highest BCUT2D eigenvalue weighted by Gasteiger charge is 2.14. The van der Waals surface area contributed by atoms with Gasteiger partial charge in [-0.05, 0) is 41.5 Å². The van der Waals surface area contributed by atoms with E-state index in [1.54, 1.807) is 26.1 Å². The lowest BCUT2D eigenvalue weighted by Crippen LogP contribution is -2.32. The monoisotopic (exact) mass is 273 g/mol. The van der Waals surface area contributed by atoms with Crippen LogP contribution >= 0.6 is 15.9 Å². The van der Waals surface area contributed by atoms with Gasteiger partial charge in [0.2, 0.25) is 0 Å². The predicted octanol–water partition coefficient (Wildman–Crippen LogP) is 2.31. The molecule has 0 saturated heterocycles. The van der Waals surface area contributed by atoms with Crippen molar-refractivity contribution in [2.45, 2.75) is 19.4 Å². The SMILES string of the molecule is CNC(C)C(=O)Cc1cccc(F)c1Br. The third-order valence-electron chi connectivity index (χ3n) is 2.31. The third-order valence-corrected chi connectivity index (χ3v) is 3.20. The third kappa shape index (κ3) is 3.11. The van der Waals surface area contributed by atoms with Gasteiger partial charge in [0.15, 0.2) is 5.78 Å². The average molecular weight is 274 g/mol. The lowest BCUT2D eigenvalue weighted by Gasteiger charge is -2.10. The number of halogens is 2. The lowest BCUT2D eigenvalue weighted by molar-refractivity contribution is -0.119. The summed E-state index contributed by atoms with van der Waals surface area (Å²) in [4.78, 5) is 11.6. The molecule has 0 aliphatic heterocycles. The summed E-state index contributed by atoms with van der Waals surface area (Å²) < 4.78 is 13.5. The van der Waals surface area contributed by atoms with Gasteiger partial charge in [-0.15, -0.1) is 0 Å². The van der Waals surface area contributed by atoms with Gasteiger partial charge in [-0.3, -0.25) is 4.79 Å². The molecule has 0 spiro atoms. The maximum absolute atomic E-state index is 13.1. The molecule has 1 aromatic carbocycles. The largest absolute Gasteiger partial charge is 0.311 e. The first-order valence-corrected chi connectivity index (χ1v) is 5.48. The van der Waals surface area contributed by atoms with Gasteiger partial charge < -0.3 is 5.32 Å². The van der Waals surface area contributed by atoms with Crippen molar-refractivity contribution in [1.82, 2.24) is 5.32 Å². The second kappa shape index (κ2) is 5.37. The van der Waals surface area contributed by atoms with E-state index in [1.165, 1.54) is 6.07 Å². The Kier molecular flexibility index (Phi) is 4.42. The molecule has 1 rings (SSSR count). The zero-order valence-corrected chi connectivity index (χ0v) is 10.3. The first-order chi connectivity index (χ1) is 7.06. The minimum absolute atomic E-state index is 0.0452. The van der Waals surface area contributed by atoms with E-state index >= 15 is 0 Å². The van der Waals surface area contributed by atoms with Crippen molar-refractivity contribution in [3.05, 3.63) is 34.1 Å². The quantitative estimate of drug-likeness (QED) is 0.912. The van der Waals surface area contributed by atoms with Crippen molar-refractivity contribution < 1.29 is 9.18 Å². The highest BCUT2D eigenvalue weighted by Crippen LogP contribution is 2.21. The molecule has 0 aliphatic rings. The van der Waals surface area contributed by atoms with E-state index in [0.29, 0.717) is 10.0 Å². The predicted molar refractivity (Wildman–Crippen MR) is 61.3 cm³/mol. The minimum atomic E-state index is -0.336. The van der Waals surface area contributed by atoms with E-state index in [4.69, 9.17) is 0 Å². The molecule has 0 amide bonds. The summed E-state index contributed by atoms with van der Waals surface area (Å²) in [5.74, 6) is -0.291. The molecule has 1 aromatic rings. The van der Waals surface area contributed by atoms with Gasteiger partial charge in [0.25, 0.3) is 0 Å². The lowest BCUT2D eigenvalue weighted by atomic mass is 10.0. The molecule has 82 valence electrons. The fraction of sp³-hybridized carbons (Fsp3) is 0.364. The molecule has 15 heavy (non-hydrogen) atoms.